The molecule has 1 rings (SSSR count). The Kier molecular flexibility index (Phi) is 2.83. The van der Waals surface area contributed by atoms with Gasteiger partial charge in [0.2, 0.25) is 0 Å². The third-order valence-electron chi connectivity index (χ3n) is 2.31. The zero-order valence-electron chi connectivity index (χ0n) is 8.78. The molecule has 0 saturated carbocycles. The number of carbonyl (C=O) groups is 2. The monoisotopic (exact) mass is 213 g/mol. The number of nitrogens with two attached hydrogens (primary N) is 2. The lowest BCUT2D eigenvalue weighted by molar-refractivity contribution is -0.125. The molecule has 0 radical (unpaired) electrons. The summed E-state index contributed by atoms with van der Waals surface area (Å²) in [5.74, 6) is -0.337. The molecule has 0 atom stereocenters. The standard InChI is InChI=1S/C8H15N5O2/c1-8(2)5(14)12-7(15)13(8)4-3-11-6(9)10/h3-4H2,1-2H3,(H4,9,10,11)(H,12,14,15). The Hall–Kier alpha value is -1.79. The van der Waals surface area contributed by atoms with E-state index in [2.05, 4.69) is 10.3 Å². The summed E-state index contributed by atoms with van der Waals surface area (Å²) >= 11 is 0. The molecule has 1 fully saturated rings. The molecule has 7 heteroatoms. The number of aliphatic imine (C=N–C) groups is 1. The lowest BCUT2D eigenvalue weighted by atomic mass is 10.0. The summed E-state index contributed by atoms with van der Waals surface area (Å²) < 4.78 is 0. The summed E-state index contributed by atoms with van der Waals surface area (Å²) in [5.41, 5.74) is 9.46. The molecule has 84 valence electrons. The number of carbonyl (C=O) groups excluding carboxylic acids is 2. The van der Waals surface area contributed by atoms with Gasteiger partial charge in [0.05, 0.1) is 6.54 Å². The van der Waals surface area contributed by atoms with E-state index in [1.165, 1.54) is 4.90 Å². The van der Waals surface area contributed by atoms with Crippen molar-refractivity contribution in [1.82, 2.24) is 10.2 Å². The fourth-order valence-corrected chi connectivity index (χ4v) is 1.35. The lowest BCUT2D eigenvalue weighted by Gasteiger charge is -2.27. The predicted octanol–water partition coefficient (Wildman–Crippen LogP) is -1.41. The van der Waals surface area contributed by atoms with Crippen LogP contribution in [0.15, 0.2) is 4.99 Å². The molecule has 1 heterocycles. The molecule has 1 aliphatic heterocycles. The van der Waals surface area contributed by atoms with Gasteiger partial charge in [-0.05, 0) is 13.8 Å². The zero-order valence-corrected chi connectivity index (χ0v) is 8.78. The summed E-state index contributed by atoms with van der Waals surface area (Å²) in [7, 11) is 0. The molecule has 0 aromatic carbocycles. The molecule has 1 aliphatic rings. The average molecular weight is 213 g/mol. The van der Waals surface area contributed by atoms with E-state index in [0.29, 0.717) is 6.54 Å². The van der Waals surface area contributed by atoms with Gasteiger partial charge in [0.25, 0.3) is 5.91 Å². The van der Waals surface area contributed by atoms with E-state index in [-0.39, 0.29) is 18.4 Å². The van der Waals surface area contributed by atoms with Gasteiger partial charge in [-0.15, -0.1) is 0 Å². The van der Waals surface area contributed by atoms with Crippen molar-refractivity contribution in [2.24, 2.45) is 16.5 Å². The van der Waals surface area contributed by atoms with Crippen molar-refractivity contribution in [3.63, 3.8) is 0 Å². The molecule has 1 saturated heterocycles. The number of rotatable bonds is 3. The fourth-order valence-electron chi connectivity index (χ4n) is 1.35. The van der Waals surface area contributed by atoms with Gasteiger partial charge in [-0.25, -0.2) is 4.79 Å². The van der Waals surface area contributed by atoms with Gasteiger partial charge in [0.15, 0.2) is 5.96 Å². The van der Waals surface area contributed by atoms with Gasteiger partial charge < -0.3 is 16.4 Å². The van der Waals surface area contributed by atoms with Crippen molar-refractivity contribution in [2.45, 2.75) is 19.4 Å². The highest BCUT2D eigenvalue weighted by molar-refractivity contribution is 6.06. The number of hydrogen-bond acceptors (Lipinski definition) is 3. The third-order valence-corrected chi connectivity index (χ3v) is 2.31. The van der Waals surface area contributed by atoms with Crippen molar-refractivity contribution in [3.05, 3.63) is 0 Å². The molecule has 0 aromatic heterocycles. The number of nitrogens with one attached hydrogen (secondary N) is 1. The summed E-state index contributed by atoms with van der Waals surface area (Å²) in [4.78, 5) is 27.9. The summed E-state index contributed by atoms with van der Waals surface area (Å²) in [5, 5.41) is 2.23. The first kappa shape index (κ1) is 11.3. The first-order chi connectivity index (χ1) is 6.85. The summed E-state index contributed by atoms with van der Waals surface area (Å²) in [6.45, 7) is 3.93. The highest BCUT2D eigenvalue weighted by atomic mass is 16.2. The average Bonchev–Trinajstić information content (AvgIpc) is 2.27. The van der Waals surface area contributed by atoms with E-state index in [9.17, 15) is 9.59 Å². The van der Waals surface area contributed by atoms with Crippen LogP contribution in [0, 0.1) is 0 Å². The number of hydrogen-bond donors (Lipinski definition) is 3. The molecular weight excluding hydrogens is 198 g/mol. The fraction of sp³-hybridized carbons (Fsp3) is 0.625. The number of nitrogens with zero attached hydrogens (tertiary/aromatic N) is 2. The van der Waals surface area contributed by atoms with Crippen LogP contribution in [0.25, 0.3) is 0 Å². The van der Waals surface area contributed by atoms with Crippen LogP contribution in [0.4, 0.5) is 4.79 Å². The molecule has 7 nitrogen and oxygen atoms in total. The number of imide groups is 1. The second kappa shape index (κ2) is 3.76. The molecule has 0 aromatic rings. The molecule has 0 unspecified atom stereocenters. The normalized spacial score (nSPS) is 18.9. The number of urea groups is 1. The topological polar surface area (TPSA) is 114 Å². The van der Waals surface area contributed by atoms with Gasteiger partial charge in [0.1, 0.15) is 5.54 Å². The predicted molar refractivity (Wildman–Crippen MR) is 55.0 cm³/mol. The molecule has 0 spiro atoms. The highest BCUT2D eigenvalue weighted by Gasteiger charge is 2.44. The maximum Gasteiger partial charge on any atom is 0.325 e. The zero-order chi connectivity index (χ0) is 11.6. The minimum atomic E-state index is -0.837. The van der Waals surface area contributed by atoms with Crippen LogP contribution >= 0.6 is 0 Å². The van der Waals surface area contributed by atoms with E-state index in [4.69, 9.17) is 11.5 Å². The largest absolute Gasteiger partial charge is 0.370 e. The van der Waals surface area contributed by atoms with Gasteiger partial charge in [-0.1, -0.05) is 0 Å². The van der Waals surface area contributed by atoms with Crippen LogP contribution < -0.4 is 16.8 Å². The number of guanidine groups is 1. The lowest BCUT2D eigenvalue weighted by Crippen LogP contribution is -2.45. The van der Waals surface area contributed by atoms with Crippen molar-refractivity contribution in [1.29, 1.82) is 0 Å². The molecule has 0 aliphatic carbocycles. The number of amides is 3. The Morgan fingerprint density at radius 2 is 2.07 bits per heavy atom. The van der Waals surface area contributed by atoms with Crippen molar-refractivity contribution in [2.75, 3.05) is 13.1 Å². The molecule has 3 amide bonds. The van der Waals surface area contributed by atoms with Crippen LogP contribution in [0.5, 0.6) is 0 Å². The van der Waals surface area contributed by atoms with Crippen molar-refractivity contribution in [3.8, 4) is 0 Å². The van der Waals surface area contributed by atoms with Crippen LogP contribution in [0.3, 0.4) is 0 Å². The summed E-state index contributed by atoms with van der Waals surface area (Å²) in [6, 6.07) is -0.407. The van der Waals surface area contributed by atoms with Crippen molar-refractivity contribution < 1.29 is 9.59 Å². The molecule has 0 bridgehead atoms. The van der Waals surface area contributed by atoms with Gasteiger partial charge in [0, 0.05) is 6.54 Å². The van der Waals surface area contributed by atoms with Gasteiger partial charge in [-0.2, -0.15) is 0 Å². The van der Waals surface area contributed by atoms with Crippen LogP contribution in [0.1, 0.15) is 13.8 Å². The minimum Gasteiger partial charge on any atom is -0.370 e. The van der Waals surface area contributed by atoms with Crippen molar-refractivity contribution >= 4 is 17.9 Å². The van der Waals surface area contributed by atoms with E-state index in [1.807, 2.05) is 0 Å². The first-order valence-corrected chi connectivity index (χ1v) is 4.54. The Labute approximate surface area is 87.5 Å². The Bertz CT molecular complexity index is 319. The van der Waals surface area contributed by atoms with Crippen LogP contribution in [-0.2, 0) is 4.79 Å². The van der Waals surface area contributed by atoms with Gasteiger partial charge >= 0.3 is 6.03 Å². The van der Waals surface area contributed by atoms with E-state index in [0.717, 1.165) is 0 Å². The van der Waals surface area contributed by atoms with E-state index < -0.39 is 11.6 Å². The highest BCUT2D eigenvalue weighted by Crippen LogP contribution is 2.19. The second-order valence-electron chi connectivity index (χ2n) is 3.78. The maximum atomic E-state index is 11.4. The smallest absolute Gasteiger partial charge is 0.325 e. The summed E-state index contributed by atoms with van der Waals surface area (Å²) in [6.07, 6.45) is 0. The molecular formula is C8H15N5O2. The van der Waals surface area contributed by atoms with Crippen LogP contribution in [-0.4, -0.2) is 41.4 Å². The quantitative estimate of drug-likeness (QED) is 0.303. The Balaban J connectivity index is 2.65. The Morgan fingerprint density at radius 1 is 1.47 bits per heavy atom. The SMILES string of the molecule is CC1(C)C(=O)NC(=O)N1CCN=C(N)N. The molecule has 15 heavy (non-hydrogen) atoms. The van der Waals surface area contributed by atoms with E-state index >= 15 is 0 Å². The molecule has 5 N–H and O–H groups in total. The minimum absolute atomic E-state index is 0.0289. The van der Waals surface area contributed by atoms with Crippen LogP contribution in [0.2, 0.25) is 0 Å². The third kappa shape index (κ3) is 2.17. The Morgan fingerprint density at radius 3 is 2.47 bits per heavy atom. The second-order valence-corrected chi connectivity index (χ2v) is 3.78. The maximum absolute atomic E-state index is 11.4. The first-order valence-electron chi connectivity index (χ1n) is 4.54. The van der Waals surface area contributed by atoms with E-state index in [1.54, 1.807) is 13.8 Å². The van der Waals surface area contributed by atoms with Gasteiger partial charge in [-0.3, -0.25) is 15.1 Å².